The maximum Gasteiger partial charge on any atom is 0.238 e. The van der Waals surface area contributed by atoms with Gasteiger partial charge in [-0.2, -0.15) is 0 Å². The number of nitrogens with one attached hydrogen (secondary N) is 1. The fraction of sp³-hybridized carbons (Fsp3) is 0.429. The zero-order valence-corrected chi connectivity index (χ0v) is 12.0. The molecule has 1 atom stereocenters. The molecule has 1 aromatic rings. The first-order valence-electron chi connectivity index (χ1n) is 6.62. The van der Waals surface area contributed by atoms with E-state index < -0.39 is 5.82 Å². The molecule has 0 aliphatic carbocycles. The fourth-order valence-electron chi connectivity index (χ4n) is 2.39. The lowest BCUT2D eigenvalue weighted by molar-refractivity contribution is -0.117. The smallest absolute Gasteiger partial charge is 0.238 e. The Kier molecular flexibility index (Phi) is 5.03. The zero-order chi connectivity index (χ0) is 14.5. The van der Waals surface area contributed by atoms with Gasteiger partial charge in [0, 0.05) is 12.5 Å². The summed E-state index contributed by atoms with van der Waals surface area (Å²) in [7, 11) is 0. The van der Waals surface area contributed by atoms with E-state index in [0.717, 1.165) is 19.4 Å². The van der Waals surface area contributed by atoms with Gasteiger partial charge in [-0.3, -0.25) is 9.69 Å². The highest BCUT2D eigenvalue weighted by Crippen LogP contribution is 2.17. The summed E-state index contributed by atoms with van der Waals surface area (Å²) in [6, 6.07) is 6.13. The van der Waals surface area contributed by atoms with E-state index in [1.807, 2.05) is 4.90 Å². The lowest BCUT2D eigenvalue weighted by atomic mass is 9.98. The second kappa shape index (κ2) is 6.76. The van der Waals surface area contributed by atoms with Gasteiger partial charge in [0.2, 0.25) is 5.91 Å². The molecule has 6 heteroatoms. The topological polar surface area (TPSA) is 58.4 Å². The number of nitrogens with two attached hydrogens (primary N) is 1. The number of rotatable bonds is 4. The van der Waals surface area contributed by atoms with Crippen LogP contribution in [0.15, 0.2) is 24.3 Å². The van der Waals surface area contributed by atoms with Crippen molar-refractivity contribution in [1.29, 1.82) is 0 Å². The summed E-state index contributed by atoms with van der Waals surface area (Å²) in [5.74, 6) is -0.487. The second-order valence-electron chi connectivity index (χ2n) is 5.00. The van der Waals surface area contributed by atoms with Crippen LogP contribution >= 0.6 is 12.2 Å². The minimum absolute atomic E-state index is 0.167. The van der Waals surface area contributed by atoms with Gasteiger partial charge in [0.05, 0.1) is 17.2 Å². The number of carbonyl (C=O) groups is 1. The predicted molar refractivity (Wildman–Crippen MR) is 81.0 cm³/mol. The maximum atomic E-state index is 13.4. The maximum absolute atomic E-state index is 13.4. The third kappa shape index (κ3) is 3.98. The highest BCUT2D eigenvalue weighted by atomic mass is 32.1. The Balaban J connectivity index is 1.88. The van der Waals surface area contributed by atoms with Gasteiger partial charge in [-0.25, -0.2) is 4.39 Å². The van der Waals surface area contributed by atoms with Crippen molar-refractivity contribution in [3.8, 4) is 0 Å². The number of likely N-dealkylation sites (tertiary alicyclic amines) is 1. The lowest BCUT2D eigenvalue weighted by Crippen LogP contribution is -2.43. The molecule has 108 valence electrons. The van der Waals surface area contributed by atoms with E-state index in [1.54, 1.807) is 18.2 Å². The first kappa shape index (κ1) is 14.9. The van der Waals surface area contributed by atoms with Crippen LogP contribution in [0.3, 0.4) is 0 Å². The Morgan fingerprint density at radius 1 is 1.50 bits per heavy atom. The minimum atomic E-state index is -0.430. The molecule has 1 unspecified atom stereocenters. The normalized spacial score (nSPS) is 19.6. The fourth-order valence-corrected chi connectivity index (χ4v) is 2.58. The average Bonchev–Trinajstić information content (AvgIpc) is 2.41. The van der Waals surface area contributed by atoms with Crippen molar-refractivity contribution in [2.24, 2.45) is 11.7 Å². The zero-order valence-electron chi connectivity index (χ0n) is 11.1. The highest BCUT2D eigenvalue weighted by molar-refractivity contribution is 7.80. The van der Waals surface area contributed by atoms with Gasteiger partial charge in [-0.05, 0) is 31.5 Å². The lowest BCUT2D eigenvalue weighted by Gasteiger charge is -2.31. The summed E-state index contributed by atoms with van der Waals surface area (Å²) in [6.07, 6.45) is 1.94. The molecule has 1 aliphatic rings. The molecule has 0 aromatic heterocycles. The first-order valence-corrected chi connectivity index (χ1v) is 7.03. The summed E-state index contributed by atoms with van der Waals surface area (Å²) in [5, 5.41) is 2.58. The highest BCUT2D eigenvalue weighted by Gasteiger charge is 2.23. The van der Waals surface area contributed by atoms with Crippen LogP contribution in [0.25, 0.3) is 0 Å². The molecule has 3 N–H and O–H groups in total. The van der Waals surface area contributed by atoms with Crippen molar-refractivity contribution in [3.63, 3.8) is 0 Å². The number of thiocarbonyl (C=S) groups is 1. The Labute approximate surface area is 123 Å². The number of carbonyl (C=O) groups excluding carboxylic acids is 1. The Bertz CT molecular complexity index is 509. The van der Waals surface area contributed by atoms with Gasteiger partial charge in [0.25, 0.3) is 0 Å². The van der Waals surface area contributed by atoms with Gasteiger partial charge >= 0.3 is 0 Å². The van der Waals surface area contributed by atoms with Crippen LogP contribution in [-0.4, -0.2) is 35.4 Å². The van der Waals surface area contributed by atoms with Gasteiger partial charge in [-0.15, -0.1) is 0 Å². The van der Waals surface area contributed by atoms with Crippen molar-refractivity contribution >= 4 is 28.8 Å². The van der Waals surface area contributed by atoms with Gasteiger partial charge in [0.1, 0.15) is 5.82 Å². The van der Waals surface area contributed by atoms with E-state index in [9.17, 15) is 9.18 Å². The molecule has 0 saturated carbocycles. The number of hydrogen-bond acceptors (Lipinski definition) is 3. The van der Waals surface area contributed by atoms with Crippen molar-refractivity contribution in [2.45, 2.75) is 12.8 Å². The largest absolute Gasteiger partial charge is 0.393 e. The number of para-hydroxylation sites is 1. The molecule has 1 aromatic carbocycles. The first-order chi connectivity index (χ1) is 9.56. The van der Waals surface area contributed by atoms with Crippen molar-refractivity contribution < 1.29 is 9.18 Å². The van der Waals surface area contributed by atoms with Crippen LogP contribution in [0, 0.1) is 11.7 Å². The average molecular weight is 295 g/mol. The van der Waals surface area contributed by atoms with Gasteiger partial charge in [0.15, 0.2) is 0 Å². The standard InChI is InChI=1S/C14H18FN3OS/c15-11-5-1-2-6-12(11)17-13(19)9-18-7-3-4-10(8-18)14(16)20/h1-2,5-6,10H,3-4,7-9H2,(H2,16,20)(H,17,19). The van der Waals surface area contributed by atoms with Crippen LogP contribution in [0.1, 0.15) is 12.8 Å². The molecule has 1 amide bonds. The van der Waals surface area contributed by atoms with Crippen LogP contribution in [0.5, 0.6) is 0 Å². The molecular weight excluding hydrogens is 277 g/mol. The molecular formula is C14H18FN3OS. The Morgan fingerprint density at radius 3 is 2.95 bits per heavy atom. The monoisotopic (exact) mass is 295 g/mol. The summed E-state index contributed by atoms with van der Waals surface area (Å²) < 4.78 is 13.4. The van der Waals surface area contributed by atoms with Crippen molar-refractivity contribution in [2.75, 3.05) is 25.0 Å². The molecule has 1 heterocycles. The molecule has 20 heavy (non-hydrogen) atoms. The number of amides is 1. The molecule has 0 radical (unpaired) electrons. The van der Waals surface area contributed by atoms with Crippen LogP contribution in [-0.2, 0) is 4.79 Å². The number of hydrogen-bond donors (Lipinski definition) is 2. The SMILES string of the molecule is NC(=S)C1CCCN(CC(=O)Nc2ccccc2F)C1. The number of anilines is 1. The molecule has 1 fully saturated rings. The number of piperidine rings is 1. The molecule has 2 rings (SSSR count). The van der Waals surface area contributed by atoms with Crippen LogP contribution < -0.4 is 11.1 Å². The molecule has 4 nitrogen and oxygen atoms in total. The molecule has 1 saturated heterocycles. The van der Waals surface area contributed by atoms with E-state index in [2.05, 4.69) is 5.32 Å². The van der Waals surface area contributed by atoms with E-state index in [4.69, 9.17) is 18.0 Å². The number of nitrogens with zero attached hydrogens (tertiary/aromatic N) is 1. The second-order valence-corrected chi connectivity index (χ2v) is 5.48. The minimum Gasteiger partial charge on any atom is -0.393 e. The third-order valence-corrected chi connectivity index (χ3v) is 3.76. The predicted octanol–water partition coefficient (Wildman–Crippen LogP) is 1.76. The summed E-state index contributed by atoms with van der Waals surface area (Å²) in [4.78, 5) is 14.4. The van der Waals surface area contributed by atoms with Crippen molar-refractivity contribution in [3.05, 3.63) is 30.1 Å². The van der Waals surface area contributed by atoms with E-state index >= 15 is 0 Å². The Morgan fingerprint density at radius 2 is 2.25 bits per heavy atom. The van der Waals surface area contributed by atoms with Crippen LogP contribution in [0.2, 0.25) is 0 Å². The van der Waals surface area contributed by atoms with Gasteiger partial charge in [-0.1, -0.05) is 24.4 Å². The summed E-state index contributed by atoms with van der Waals surface area (Å²) in [6.45, 7) is 1.76. The molecule has 0 bridgehead atoms. The summed E-state index contributed by atoms with van der Waals surface area (Å²) >= 11 is 5.01. The van der Waals surface area contributed by atoms with E-state index in [0.29, 0.717) is 11.5 Å². The molecule has 0 spiro atoms. The number of halogens is 1. The van der Waals surface area contributed by atoms with Crippen molar-refractivity contribution in [1.82, 2.24) is 4.90 Å². The van der Waals surface area contributed by atoms with E-state index in [1.165, 1.54) is 6.07 Å². The molecule has 1 aliphatic heterocycles. The number of benzene rings is 1. The van der Waals surface area contributed by atoms with Gasteiger partial charge < -0.3 is 11.1 Å². The van der Waals surface area contributed by atoms with Crippen LogP contribution in [0.4, 0.5) is 10.1 Å². The van der Waals surface area contributed by atoms with E-state index in [-0.39, 0.29) is 24.1 Å². The quantitative estimate of drug-likeness (QED) is 0.831. The Hall–Kier alpha value is -1.53. The third-order valence-electron chi connectivity index (χ3n) is 3.42. The summed E-state index contributed by atoms with van der Waals surface area (Å²) in [5.41, 5.74) is 5.87.